The Morgan fingerprint density at radius 2 is 1.55 bits per heavy atom. The standard InChI is InChI=1S/C24H37NO.C22H26ClN5.2C3H6/c1-4-11-21(15-10-14-20-12-8-6-5-7-9-13-20)24(2,25)22-16-18-23(26-3)19-17-22;1-2-3-8-20-27-21(23)19(13-24)28(20)14-15-9-11-16(12-10-15)17-6-4-5-7-18(17)22(25)26;2*1-3-2/h10-11,15-20H,4-9,12-14,25H2,1-3H3;4-7,9-12H,2-3,8,13-14,24H2,1H3,(H3,25,26);2*3H,1H2,2H3/b15-10-,21-11+;;;. The number of aryl methyl sites for hydroxylation is 1. The van der Waals surface area contributed by atoms with Crippen molar-refractivity contribution in [1.82, 2.24) is 9.55 Å². The monoisotopic (exact) mass is 835 g/mol. The number of nitrogens with zero attached hydrogens (tertiary/aromatic N) is 2. The van der Waals surface area contributed by atoms with Gasteiger partial charge in [0.2, 0.25) is 0 Å². The van der Waals surface area contributed by atoms with E-state index in [1.54, 1.807) is 19.3 Å². The molecule has 7 nitrogen and oxygen atoms in total. The number of allylic oxidation sites excluding steroid dienone is 4. The second-order valence-electron chi connectivity index (χ2n) is 15.5. The minimum Gasteiger partial charge on any atom is -0.497 e. The third kappa shape index (κ3) is 16.8. The molecule has 1 unspecified atom stereocenters. The summed E-state index contributed by atoms with van der Waals surface area (Å²) in [7, 11) is 1.69. The van der Waals surface area contributed by atoms with Crippen molar-refractivity contribution in [2.45, 2.75) is 130 Å². The van der Waals surface area contributed by atoms with Gasteiger partial charge in [0, 0.05) is 25.1 Å². The van der Waals surface area contributed by atoms with E-state index in [0.29, 0.717) is 18.2 Å². The number of nitrogens with two attached hydrogens (primary N) is 3. The minimum absolute atomic E-state index is 0.0703. The van der Waals surface area contributed by atoms with Crippen LogP contribution in [0.15, 0.2) is 122 Å². The van der Waals surface area contributed by atoms with Gasteiger partial charge in [0.25, 0.3) is 0 Å². The summed E-state index contributed by atoms with van der Waals surface area (Å²) in [6.45, 7) is 18.0. The van der Waals surface area contributed by atoms with Crippen molar-refractivity contribution in [2.24, 2.45) is 23.1 Å². The Hall–Kier alpha value is -4.69. The van der Waals surface area contributed by atoms with Crippen LogP contribution in [0.2, 0.25) is 5.15 Å². The lowest BCUT2D eigenvalue weighted by Crippen LogP contribution is -2.34. The molecule has 8 heteroatoms. The van der Waals surface area contributed by atoms with Crippen LogP contribution in [0, 0.1) is 11.3 Å². The molecule has 60 heavy (non-hydrogen) atoms. The van der Waals surface area contributed by atoms with Crippen molar-refractivity contribution in [3.8, 4) is 16.9 Å². The number of aromatic nitrogens is 2. The number of ether oxygens (including phenoxy) is 1. The molecule has 0 bridgehead atoms. The lowest BCUT2D eigenvalue weighted by Gasteiger charge is -2.27. The van der Waals surface area contributed by atoms with Gasteiger partial charge in [-0.2, -0.15) is 0 Å². The second-order valence-corrected chi connectivity index (χ2v) is 15.8. The summed E-state index contributed by atoms with van der Waals surface area (Å²) < 4.78 is 7.41. The summed E-state index contributed by atoms with van der Waals surface area (Å²) >= 11 is 6.30. The fraction of sp³-hybridized carbons (Fsp3) is 0.423. The van der Waals surface area contributed by atoms with Crippen LogP contribution in [0.5, 0.6) is 5.75 Å². The zero-order chi connectivity index (χ0) is 44.3. The van der Waals surface area contributed by atoms with E-state index >= 15 is 0 Å². The second kappa shape index (κ2) is 28.7. The topological polar surface area (TPSA) is 129 Å². The van der Waals surface area contributed by atoms with Gasteiger partial charge < -0.3 is 26.5 Å². The predicted octanol–water partition coefficient (Wildman–Crippen LogP) is 13.2. The van der Waals surface area contributed by atoms with Crippen molar-refractivity contribution in [3.63, 3.8) is 0 Å². The van der Waals surface area contributed by atoms with E-state index in [-0.39, 0.29) is 5.84 Å². The first-order chi connectivity index (χ1) is 28.9. The first-order valence-corrected chi connectivity index (χ1v) is 22.2. The van der Waals surface area contributed by atoms with Crippen molar-refractivity contribution < 1.29 is 4.74 Å². The summed E-state index contributed by atoms with van der Waals surface area (Å²) in [5.41, 5.74) is 25.0. The van der Waals surface area contributed by atoms with Gasteiger partial charge in [-0.15, -0.1) is 13.2 Å². The molecule has 1 aliphatic rings. The number of halogens is 1. The van der Waals surface area contributed by atoms with E-state index in [4.69, 9.17) is 38.9 Å². The molecule has 1 fully saturated rings. The number of hydrogen-bond donors (Lipinski definition) is 4. The Bertz CT molecular complexity index is 1890. The van der Waals surface area contributed by atoms with Crippen LogP contribution in [-0.4, -0.2) is 22.5 Å². The van der Waals surface area contributed by atoms with Crippen molar-refractivity contribution in [1.29, 1.82) is 5.41 Å². The number of benzene rings is 3. The molecule has 0 aliphatic heterocycles. The quantitative estimate of drug-likeness (QED) is 0.0410. The van der Waals surface area contributed by atoms with Crippen LogP contribution < -0.4 is 21.9 Å². The van der Waals surface area contributed by atoms with E-state index in [0.717, 1.165) is 76.7 Å². The molecule has 3 aromatic carbocycles. The number of unbranched alkanes of at least 4 members (excludes halogenated alkanes) is 1. The van der Waals surface area contributed by atoms with Gasteiger partial charge in [0.05, 0.1) is 18.3 Å². The molecule has 0 amide bonds. The number of nitrogen functional groups attached to an aromatic ring is 1. The Labute approximate surface area is 368 Å². The maximum absolute atomic E-state index is 7.79. The van der Waals surface area contributed by atoms with Gasteiger partial charge >= 0.3 is 0 Å². The molecule has 1 heterocycles. The average molecular weight is 836 g/mol. The molecular weight excluding hydrogens is 760 g/mol. The van der Waals surface area contributed by atoms with E-state index in [2.05, 4.69) is 98.1 Å². The number of rotatable bonds is 15. The van der Waals surface area contributed by atoms with Crippen molar-refractivity contribution in [3.05, 3.63) is 155 Å². The van der Waals surface area contributed by atoms with Crippen LogP contribution in [0.1, 0.15) is 133 Å². The summed E-state index contributed by atoms with van der Waals surface area (Å²) in [6, 6.07) is 24.1. The number of imidazole rings is 1. The van der Waals surface area contributed by atoms with E-state index in [1.165, 1.54) is 56.9 Å². The Kier molecular flexibility index (Phi) is 24.6. The zero-order valence-electron chi connectivity index (χ0n) is 37.6. The van der Waals surface area contributed by atoms with Gasteiger partial charge in [-0.25, -0.2) is 4.98 Å². The molecule has 0 radical (unpaired) electrons. The molecule has 1 aliphatic carbocycles. The molecule has 1 aromatic heterocycles. The Morgan fingerprint density at radius 1 is 0.950 bits per heavy atom. The molecule has 0 spiro atoms. The smallest absolute Gasteiger partial charge is 0.151 e. The number of hydrogen-bond acceptors (Lipinski definition) is 5. The van der Waals surface area contributed by atoms with Gasteiger partial charge in [0.1, 0.15) is 17.4 Å². The lowest BCUT2D eigenvalue weighted by atomic mass is 9.83. The maximum atomic E-state index is 7.79. The van der Waals surface area contributed by atoms with Gasteiger partial charge in [-0.1, -0.05) is 168 Å². The van der Waals surface area contributed by atoms with Gasteiger partial charge in [0.15, 0.2) is 5.15 Å². The highest BCUT2D eigenvalue weighted by Gasteiger charge is 2.24. The van der Waals surface area contributed by atoms with Crippen molar-refractivity contribution in [2.75, 3.05) is 7.11 Å². The van der Waals surface area contributed by atoms with Crippen LogP contribution in [0.4, 0.5) is 0 Å². The van der Waals surface area contributed by atoms with E-state index < -0.39 is 5.54 Å². The molecule has 1 saturated carbocycles. The highest BCUT2D eigenvalue weighted by molar-refractivity contribution is 6.30. The molecule has 5 rings (SSSR count). The van der Waals surface area contributed by atoms with E-state index in [1.807, 2.05) is 50.2 Å². The summed E-state index contributed by atoms with van der Waals surface area (Å²) in [4.78, 5) is 4.52. The number of amidine groups is 1. The Morgan fingerprint density at radius 3 is 2.10 bits per heavy atom. The average Bonchev–Trinajstić information content (AvgIpc) is 3.54. The van der Waals surface area contributed by atoms with E-state index in [9.17, 15) is 0 Å². The normalized spacial score (nSPS) is 14.1. The van der Waals surface area contributed by atoms with Crippen LogP contribution in [-0.2, 0) is 25.0 Å². The van der Waals surface area contributed by atoms with Crippen molar-refractivity contribution >= 4 is 17.4 Å². The first kappa shape index (κ1) is 51.5. The van der Waals surface area contributed by atoms with Crippen LogP contribution in [0.3, 0.4) is 0 Å². The van der Waals surface area contributed by atoms with Crippen LogP contribution >= 0.6 is 11.6 Å². The molecular formula is C52H75ClN6O. The summed E-state index contributed by atoms with van der Waals surface area (Å²) in [5, 5.41) is 8.29. The van der Waals surface area contributed by atoms with Crippen LogP contribution in [0.25, 0.3) is 11.1 Å². The highest BCUT2D eigenvalue weighted by atomic mass is 35.5. The third-order valence-corrected chi connectivity index (χ3v) is 10.9. The highest BCUT2D eigenvalue weighted by Crippen LogP contribution is 2.31. The van der Waals surface area contributed by atoms with Gasteiger partial charge in [-0.3, -0.25) is 5.41 Å². The molecule has 0 saturated heterocycles. The molecule has 326 valence electrons. The Balaban J connectivity index is 0.000000366. The zero-order valence-corrected chi connectivity index (χ0v) is 38.4. The summed E-state index contributed by atoms with van der Waals surface area (Å²) in [6.07, 6.45) is 25.5. The molecule has 4 aromatic rings. The first-order valence-electron chi connectivity index (χ1n) is 21.9. The lowest BCUT2D eigenvalue weighted by molar-refractivity contribution is 0.381. The maximum Gasteiger partial charge on any atom is 0.151 e. The SMILES string of the molecule is C=CC.C=CC.CC/C=C(\C=C/CC1CCCCCCC1)C(C)(N)c1ccc(OC)cc1.CCCCc1nc(Cl)c(CN)n1Cc1ccc(-c2ccccc2C(=N)N)cc1. The summed E-state index contributed by atoms with van der Waals surface area (Å²) in [5.74, 6) is 2.77. The largest absolute Gasteiger partial charge is 0.497 e. The predicted molar refractivity (Wildman–Crippen MR) is 260 cm³/mol. The van der Waals surface area contributed by atoms with Gasteiger partial charge in [-0.05, 0) is 85.9 Å². The number of nitrogens with one attached hydrogen (secondary N) is 1. The fourth-order valence-electron chi connectivity index (χ4n) is 7.30. The fourth-order valence-corrected chi connectivity index (χ4v) is 7.57. The minimum atomic E-state index is -0.486. The molecule has 7 N–H and O–H groups in total. The number of methoxy groups -OCH3 is 1. The third-order valence-electron chi connectivity index (χ3n) is 10.6. The molecule has 1 atom stereocenters.